The van der Waals surface area contributed by atoms with E-state index in [0.29, 0.717) is 38.2 Å². The zero-order valence-corrected chi connectivity index (χ0v) is 26.4. The Labute approximate surface area is 255 Å². The molecule has 0 saturated carbocycles. The number of hydrogen-bond donors (Lipinski definition) is 1. The lowest BCUT2D eigenvalue weighted by Gasteiger charge is -2.41. The summed E-state index contributed by atoms with van der Waals surface area (Å²) in [6.07, 6.45) is 7.16. The second-order valence-electron chi connectivity index (χ2n) is 11.6. The third kappa shape index (κ3) is 5.50. The van der Waals surface area contributed by atoms with E-state index >= 15 is 0 Å². The first-order valence-electron chi connectivity index (χ1n) is 15.4. The SMILES string of the molecule is C=CCN(C(=O)[C@@H]1[C@H]2C(=O)N([C@@H](CC)CO)C(C(=O)N(CC=C)C(C)CCC)C23CC[C@H]1S3)c1ccc(OCC)cc1. The first kappa shape index (κ1) is 32.1. The maximum Gasteiger partial charge on any atom is 0.247 e. The zero-order chi connectivity index (χ0) is 30.6. The summed E-state index contributed by atoms with van der Waals surface area (Å²) in [5, 5.41) is 10.3. The quantitative estimate of drug-likeness (QED) is 0.296. The average Bonchev–Trinajstić information content (AvgIpc) is 3.63. The molecular weight excluding hydrogens is 550 g/mol. The fourth-order valence-corrected chi connectivity index (χ4v) is 9.53. The van der Waals surface area contributed by atoms with Crippen molar-refractivity contribution in [2.45, 2.75) is 87.9 Å². The van der Waals surface area contributed by atoms with E-state index in [0.717, 1.165) is 25.0 Å². The molecule has 2 bridgehead atoms. The smallest absolute Gasteiger partial charge is 0.247 e. The molecule has 1 aromatic carbocycles. The Morgan fingerprint density at radius 3 is 2.43 bits per heavy atom. The summed E-state index contributed by atoms with van der Waals surface area (Å²) in [7, 11) is 0. The number of benzene rings is 1. The summed E-state index contributed by atoms with van der Waals surface area (Å²) >= 11 is 1.66. The van der Waals surface area contributed by atoms with Gasteiger partial charge in [-0.3, -0.25) is 14.4 Å². The summed E-state index contributed by atoms with van der Waals surface area (Å²) in [5.74, 6) is -0.890. The molecule has 0 aromatic heterocycles. The summed E-state index contributed by atoms with van der Waals surface area (Å²) < 4.78 is 4.87. The van der Waals surface area contributed by atoms with Crippen molar-refractivity contribution in [3.63, 3.8) is 0 Å². The van der Waals surface area contributed by atoms with Crippen LogP contribution in [0.3, 0.4) is 0 Å². The predicted octanol–water partition coefficient (Wildman–Crippen LogP) is 4.67. The normalized spacial score (nSPS) is 27.4. The van der Waals surface area contributed by atoms with E-state index in [1.54, 1.807) is 33.7 Å². The van der Waals surface area contributed by atoms with Crippen LogP contribution in [-0.4, -0.2) is 87.1 Å². The van der Waals surface area contributed by atoms with Crippen LogP contribution in [0.1, 0.15) is 59.8 Å². The van der Waals surface area contributed by atoms with Crippen LogP contribution in [0.25, 0.3) is 0 Å². The summed E-state index contributed by atoms with van der Waals surface area (Å²) in [6, 6.07) is 6.15. The van der Waals surface area contributed by atoms with Gasteiger partial charge in [-0.25, -0.2) is 0 Å². The van der Waals surface area contributed by atoms with Gasteiger partial charge in [0, 0.05) is 30.1 Å². The monoisotopic (exact) mass is 597 g/mol. The molecule has 9 heteroatoms. The molecule has 3 aliphatic heterocycles. The Morgan fingerprint density at radius 2 is 1.86 bits per heavy atom. The molecule has 4 rings (SSSR count). The maximum absolute atomic E-state index is 14.6. The van der Waals surface area contributed by atoms with Gasteiger partial charge in [-0.15, -0.1) is 24.9 Å². The first-order chi connectivity index (χ1) is 20.2. The van der Waals surface area contributed by atoms with Gasteiger partial charge in [0.1, 0.15) is 11.8 Å². The fraction of sp³-hybridized carbons (Fsp3) is 0.606. The number of hydrogen-bond acceptors (Lipinski definition) is 6. The lowest BCUT2D eigenvalue weighted by atomic mass is 9.70. The second-order valence-corrected chi connectivity index (χ2v) is 13.2. The van der Waals surface area contributed by atoms with Crippen LogP contribution < -0.4 is 9.64 Å². The average molecular weight is 598 g/mol. The van der Waals surface area contributed by atoms with Crippen LogP contribution in [0.2, 0.25) is 0 Å². The van der Waals surface area contributed by atoms with Crippen LogP contribution in [0.5, 0.6) is 5.75 Å². The minimum absolute atomic E-state index is 0.0223. The number of nitrogens with zero attached hydrogens (tertiary/aromatic N) is 3. The van der Waals surface area contributed by atoms with Crippen molar-refractivity contribution < 1.29 is 24.2 Å². The Kier molecular flexibility index (Phi) is 10.5. The number of amides is 3. The van der Waals surface area contributed by atoms with Crippen molar-refractivity contribution >= 4 is 35.2 Å². The van der Waals surface area contributed by atoms with Gasteiger partial charge in [0.25, 0.3) is 0 Å². The Hall–Kier alpha value is -2.78. The molecule has 7 atom stereocenters. The van der Waals surface area contributed by atoms with Crippen LogP contribution in [0.15, 0.2) is 49.6 Å². The number of anilines is 1. The number of likely N-dealkylation sites (tertiary alicyclic amines) is 1. The van der Waals surface area contributed by atoms with Gasteiger partial charge in [0.2, 0.25) is 17.7 Å². The number of rotatable bonds is 15. The van der Waals surface area contributed by atoms with Crippen LogP contribution in [0, 0.1) is 11.8 Å². The molecule has 42 heavy (non-hydrogen) atoms. The third-order valence-electron chi connectivity index (χ3n) is 9.22. The minimum atomic E-state index is -0.738. The topological polar surface area (TPSA) is 90.4 Å². The molecule has 3 unspecified atom stereocenters. The van der Waals surface area contributed by atoms with E-state index in [-0.39, 0.29) is 35.6 Å². The largest absolute Gasteiger partial charge is 0.494 e. The molecule has 3 fully saturated rings. The highest BCUT2D eigenvalue weighted by Gasteiger charge is 2.74. The molecule has 3 aliphatic rings. The molecule has 0 radical (unpaired) electrons. The van der Waals surface area contributed by atoms with Gasteiger partial charge in [-0.05, 0) is 63.8 Å². The van der Waals surface area contributed by atoms with Gasteiger partial charge < -0.3 is 24.5 Å². The van der Waals surface area contributed by atoms with Gasteiger partial charge in [-0.1, -0.05) is 32.4 Å². The highest BCUT2D eigenvalue weighted by molar-refractivity contribution is 8.02. The predicted molar refractivity (Wildman–Crippen MR) is 169 cm³/mol. The molecule has 3 amide bonds. The Morgan fingerprint density at radius 1 is 1.17 bits per heavy atom. The lowest BCUT2D eigenvalue weighted by molar-refractivity contribution is -0.146. The van der Waals surface area contributed by atoms with Crippen LogP contribution in [-0.2, 0) is 14.4 Å². The molecule has 230 valence electrons. The summed E-state index contributed by atoms with van der Waals surface area (Å²) in [4.78, 5) is 48.7. The molecular formula is C33H47N3O5S. The number of fused-ring (bicyclic) bond motifs is 1. The third-order valence-corrected chi connectivity index (χ3v) is 11.2. The van der Waals surface area contributed by atoms with Crippen LogP contribution in [0.4, 0.5) is 5.69 Å². The fourth-order valence-electron chi connectivity index (χ4n) is 7.34. The van der Waals surface area contributed by atoms with Gasteiger partial charge in [0.05, 0.1) is 35.8 Å². The van der Waals surface area contributed by atoms with Crippen molar-refractivity contribution in [3.8, 4) is 5.75 Å². The Bertz CT molecular complexity index is 1150. The van der Waals surface area contributed by atoms with E-state index in [4.69, 9.17) is 4.74 Å². The number of ether oxygens (including phenoxy) is 1. The molecule has 1 N–H and O–H groups in total. The molecule has 1 aromatic rings. The van der Waals surface area contributed by atoms with Gasteiger partial charge >= 0.3 is 0 Å². The van der Waals surface area contributed by atoms with Crippen molar-refractivity contribution in [2.24, 2.45) is 11.8 Å². The van der Waals surface area contributed by atoms with Crippen LogP contribution >= 0.6 is 11.8 Å². The Balaban J connectivity index is 1.75. The zero-order valence-electron chi connectivity index (χ0n) is 25.5. The molecule has 8 nitrogen and oxygen atoms in total. The number of thioether (sulfide) groups is 1. The number of aliphatic hydroxyl groups excluding tert-OH is 1. The standard InChI is InChI=1S/C33H47N3O5S/c1-7-12-22(6)34(19-8-2)32(40)29-33-18-17-26(42-33)27(28(33)31(39)36(29)23(10-4)21-37)30(38)35(20-9-3)24-13-15-25(16-14-24)41-11-5/h8-9,13-16,22-23,26-29,37H,2-3,7,10-12,17-21H2,1,4-6H3/t22?,23-,26+,27-,28-,29?,33?/m0/s1. The lowest BCUT2D eigenvalue weighted by Crippen LogP contribution is -2.58. The highest BCUT2D eigenvalue weighted by Crippen LogP contribution is 2.67. The van der Waals surface area contributed by atoms with E-state index in [2.05, 4.69) is 20.1 Å². The van der Waals surface area contributed by atoms with Crippen molar-refractivity contribution in [1.82, 2.24) is 9.80 Å². The van der Waals surface area contributed by atoms with Gasteiger partial charge in [0.15, 0.2) is 0 Å². The van der Waals surface area contributed by atoms with E-state index < -0.39 is 28.7 Å². The van der Waals surface area contributed by atoms with Crippen molar-refractivity contribution in [1.29, 1.82) is 0 Å². The molecule has 3 heterocycles. The summed E-state index contributed by atoms with van der Waals surface area (Å²) in [5.41, 5.74) is 0.715. The number of carbonyl (C=O) groups excluding carboxylic acids is 3. The minimum Gasteiger partial charge on any atom is -0.494 e. The van der Waals surface area contributed by atoms with Crippen molar-refractivity contribution in [2.75, 3.05) is 31.2 Å². The molecule has 1 spiro atoms. The number of aliphatic hydroxyl groups is 1. The molecule has 3 saturated heterocycles. The van der Waals surface area contributed by atoms with E-state index in [1.807, 2.05) is 49.9 Å². The van der Waals surface area contributed by atoms with E-state index in [1.165, 1.54) is 0 Å². The summed E-state index contributed by atoms with van der Waals surface area (Å²) in [6.45, 7) is 16.8. The molecule has 0 aliphatic carbocycles. The number of carbonyl (C=O) groups is 3. The second kappa shape index (κ2) is 13.7. The van der Waals surface area contributed by atoms with Crippen molar-refractivity contribution in [3.05, 3.63) is 49.6 Å². The van der Waals surface area contributed by atoms with Gasteiger partial charge in [-0.2, -0.15) is 0 Å². The maximum atomic E-state index is 14.6. The van der Waals surface area contributed by atoms with E-state index in [9.17, 15) is 19.5 Å². The highest BCUT2D eigenvalue weighted by atomic mass is 32.2. The first-order valence-corrected chi connectivity index (χ1v) is 16.3.